The van der Waals surface area contributed by atoms with Crippen LogP contribution < -0.4 is 5.84 Å². The van der Waals surface area contributed by atoms with Crippen molar-refractivity contribution < 1.29 is 0 Å². The molecule has 2 nitrogen and oxygen atoms in total. The third kappa shape index (κ3) is 9.90. The maximum absolute atomic E-state index is 6.00. The van der Waals surface area contributed by atoms with Crippen LogP contribution in [-0.2, 0) is 0 Å². The Morgan fingerprint density at radius 1 is 0.389 bits per heavy atom. The maximum Gasteiger partial charge on any atom is 0.0128 e. The minimum Gasteiger partial charge on any atom is -0.269 e. The van der Waals surface area contributed by atoms with Gasteiger partial charge in [-0.3, -0.25) is 5.84 Å². The number of nitrogens with zero attached hydrogens (tertiary/aromatic N) is 1. The molecule has 18 heavy (non-hydrogen) atoms. The van der Waals surface area contributed by atoms with Gasteiger partial charge in [-0.15, -0.1) is 0 Å². The lowest BCUT2D eigenvalue weighted by atomic mass is 10.0. The highest BCUT2D eigenvalue weighted by Crippen LogP contribution is 2.13. The van der Waals surface area contributed by atoms with Crippen molar-refractivity contribution in [2.45, 2.75) is 89.9 Å². The molecule has 0 aromatic heterocycles. The average molecular weight is 254 g/mol. The van der Waals surface area contributed by atoms with Crippen LogP contribution in [0.1, 0.15) is 89.9 Å². The zero-order chi connectivity index (χ0) is 12.9. The molecule has 0 bridgehead atoms. The molecular formula is C16H34N2. The number of hydrogen-bond donors (Lipinski definition) is 1. The molecule has 0 radical (unpaired) electrons. The summed E-state index contributed by atoms with van der Waals surface area (Å²) < 4.78 is 0. The highest BCUT2D eigenvalue weighted by molar-refractivity contribution is 4.54. The quantitative estimate of drug-likeness (QED) is 0.638. The van der Waals surface area contributed by atoms with Crippen molar-refractivity contribution in [2.75, 3.05) is 13.1 Å². The molecule has 1 saturated heterocycles. The molecular weight excluding hydrogens is 220 g/mol. The van der Waals surface area contributed by atoms with E-state index >= 15 is 0 Å². The zero-order valence-electron chi connectivity index (χ0n) is 12.3. The number of hydrazine groups is 1. The molecule has 0 aromatic rings. The summed E-state index contributed by atoms with van der Waals surface area (Å²) in [6, 6.07) is 0. The van der Waals surface area contributed by atoms with E-state index in [9.17, 15) is 0 Å². The van der Waals surface area contributed by atoms with Crippen molar-refractivity contribution in [3.05, 3.63) is 0 Å². The zero-order valence-corrected chi connectivity index (χ0v) is 12.3. The van der Waals surface area contributed by atoms with Gasteiger partial charge in [0.2, 0.25) is 0 Å². The fourth-order valence-electron chi connectivity index (χ4n) is 2.86. The number of rotatable bonds is 0. The van der Waals surface area contributed by atoms with Gasteiger partial charge in [0.1, 0.15) is 0 Å². The summed E-state index contributed by atoms with van der Waals surface area (Å²) in [6.07, 6.45) is 19.8. The van der Waals surface area contributed by atoms with Gasteiger partial charge in [-0.25, -0.2) is 5.01 Å². The van der Waals surface area contributed by atoms with E-state index in [0.29, 0.717) is 0 Å². The van der Waals surface area contributed by atoms with E-state index < -0.39 is 0 Å². The fraction of sp³-hybridized carbons (Fsp3) is 1.00. The van der Waals surface area contributed by atoms with E-state index in [1.54, 1.807) is 0 Å². The SMILES string of the molecule is NN1CCCCCCCCCCCCCCCC1. The van der Waals surface area contributed by atoms with Crippen LogP contribution >= 0.6 is 0 Å². The topological polar surface area (TPSA) is 29.3 Å². The van der Waals surface area contributed by atoms with Crippen molar-refractivity contribution in [2.24, 2.45) is 5.84 Å². The molecule has 0 amide bonds. The summed E-state index contributed by atoms with van der Waals surface area (Å²) in [5.74, 6) is 6.00. The fourth-order valence-corrected chi connectivity index (χ4v) is 2.86. The Balaban J connectivity index is 2.09. The smallest absolute Gasteiger partial charge is 0.0128 e. The van der Waals surface area contributed by atoms with Crippen LogP contribution in [0.5, 0.6) is 0 Å². The lowest BCUT2D eigenvalue weighted by molar-refractivity contribution is 0.268. The lowest BCUT2D eigenvalue weighted by Crippen LogP contribution is -2.32. The third-order valence-corrected chi connectivity index (χ3v) is 4.14. The van der Waals surface area contributed by atoms with E-state index in [4.69, 9.17) is 5.84 Å². The largest absolute Gasteiger partial charge is 0.269 e. The van der Waals surface area contributed by atoms with Crippen molar-refractivity contribution in [1.82, 2.24) is 5.01 Å². The molecule has 0 unspecified atom stereocenters. The summed E-state index contributed by atoms with van der Waals surface area (Å²) in [5, 5.41) is 2.04. The standard InChI is InChI=1S/C16H34N2/c17-18-15-13-11-9-7-5-3-1-2-4-6-8-10-12-14-16-18/h1-17H2. The molecule has 0 aliphatic carbocycles. The molecule has 0 saturated carbocycles. The third-order valence-electron chi connectivity index (χ3n) is 4.14. The molecule has 1 aliphatic rings. The molecule has 2 heteroatoms. The summed E-state index contributed by atoms with van der Waals surface area (Å²) in [5.41, 5.74) is 0. The molecule has 1 rings (SSSR count). The first-order valence-corrected chi connectivity index (χ1v) is 8.39. The predicted octanol–water partition coefficient (Wildman–Crippen LogP) is 4.64. The van der Waals surface area contributed by atoms with Crippen molar-refractivity contribution in [3.63, 3.8) is 0 Å². The van der Waals surface area contributed by atoms with Crippen LogP contribution in [0.25, 0.3) is 0 Å². The van der Waals surface area contributed by atoms with Gasteiger partial charge in [0, 0.05) is 13.1 Å². The molecule has 2 N–H and O–H groups in total. The highest BCUT2D eigenvalue weighted by Gasteiger charge is 2.00. The molecule has 0 aromatic carbocycles. The second kappa shape index (κ2) is 12.0. The monoisotopic (exact) mass is 254 g/mol. The molecule has 108 valence electrons. The van der Waals surface area contributed by atoms with Crippen LogP contribution in [0.3, 0.4) is 0 Å². The Bertz CT molecular complexity index is 152. The summed E-state index contributed by atoms with van der Waals surface area (Å²) in [4.78, 5) is 0. The van der Waals surface area contributed by atoms with E-state index in [1.165, 1.54) is 89.9 Å². The normalized spacial score (nSPS) is 24.5. The molecule has 1 aliphatic heterocycles. The second-order valence-corrected chi connectivity index (χ2v) is 5.99. The van der Waals surface area contributed by atoms with Gasteiger partial charge in [0.05, 0.1) is 0 Å². The summed E-state index contributed by atoms with van der Waals surface area (Å²) in [6.45, 7) is 2.19. The first-order chi connectivity index (χ1) is 8.89. The molecule has 0 spiro atoms. The average Bonchev–Trinajstić information content (AvgIpc) is 2.37. The van der Waals surface area contributed by atoms with Gasteiger partial charge < -0.3 is 0 Å². The van der Waals surface area contributed by atoms with Crippen LogP contribution in [0, 0.1) is 0 Å². The van der Waals surface area contributed by atoms with E-state index in [2.05, 4.69) is 0 Å². The highest BCUT2D eigenvalue weighted by atomic mass is 15.4. The summed E-state index contributed by atoms with van der Waals surface area (Å²) in [7, 11) is 0. The minimum atomic E-state index is 1.10. The van der Waals surface area contributed by atoms with Crippen LogP contribution in [-0.4, -0.2) is 18.1 Å². The van der Waals surface area contributed by atoms with E-state index in [-0.39, 0.29) is 0 Å². The minimum absolute atomic E-state index is 1.10. The maximum atomic E-state index is 6.00. The Morgan fingerprint density at radius 3 is 0.889 bits per heavy atom. The van der Waals surface area contributed by atoms with Gasteiger partial charge in [0.15, 0.2) is 0 Å². The molecule has 1 heterocycles. The van der Waals surface area contributed by atoms with Crippen molar-refractivity contribution in [1.29, 1.82) is 0 Å². The van der Waals surface area contributed by atoms with E-state index in [0.717, 1.165) is 13.1 Å². The second-order valence-electron chi connectivity index (χ2n) is 5.99. The number of hydrogen-bond acceptors (Lipinski definition) is 2. The Morgan fingerprint density at radius 2 is 0.611 bits per heavy atom. The van der Waals surface area contributed by atoms with Gasteiger partial charge in [-0.05, 0) is 12.8 Å². The van der Waals surface area contributed by atoms with E-state index in [1.807, 2.05) is 5.01 Å². The Hall–Kier alpha value is -0.0800. The first-order valence-electron chi connectivity index (χ1n) is 8.39. The predicted molar refractivity (Wildman–Crippen MR) is 80.4 cm³/mol. The molecule has 0 atom stereocenters. The van der Waals surface area contributed by atoms with Gasteiger partial charge in [-0.2, -0.15) is 0 Å². The van der Waals surface area contributed by atoms with Gasteiger partial charge in [-0.1, -0.05) is 77.0 Å². The summed E-state index contributed by atoms with van der Waals surface area (Å²) >= 11 is 0. The first kappa shape index (κ1) is 16.0. The molecule has 1 fully saturated rings. The van der Waals surface area contributed by atoms with Crippen molar-refractivity contribution in [3.8, 4) is 0 Å². The lowest BCUT2D eigenvalue weighted by Gasteiger charge is -2.15. The van der Waals surface area contributed by atoms with Crippen molar-refractivity contribution >= 4 is 0 Å². The van der Waals surface area contributed by atoms with Crippen LogP contribution in [0.15, 0.2) is 0 Å². The Labute approximate surface area is 114 Å². The Kier molecular flexibility index (Phi) is 10.6. The van der Waals surface area contributed by atoms with Gasteiger partial charge in [0.25, 0.3) is 0 Å². The van der Waals surface area contributed by atoms with Gasteiger partial charge >= 0.3 is 0 Å². The van der Waals surface area contributed by atoms with Crippen LogP contribution in [0.2, 0.25) is 0 Å². The number of nitrogens with two attached hydrogens (primary N) is 1. The van der Waals surface area contributed by atoms with Crippen LogP contribution in [0.4, 0.5) is 0 Å².